The van der Waals surface area contributed by atoms with Gasteiger partial charge in [0, 0.05) is 32.9 Å². The first-order chi connectivity index (χ1) is 11.7. The highest BCUT2D eigenvalue weighted by atomic mass is 16.2. The molecule has 2 rings (SSSR count). The first-order valence-corrected chi connectivity index (χ1v) is 8.66. The average molecular weight is 325 g/mol. The second kappa shape index (κ2) is 9.06. The Morgan fingerprint density at radius 1 is 1.08 bits per heavy atom. The van der Waals surface area contributed by atoms with Crippen LogP contribution in [0.4, 0.5) is 5.82 Å². The highest BCUT2D eigenvalue weighted by Gasteiger charge is 2.13. The fraction of sp³-hybridized carbons (Fsp3) is 0.400. The number of anilines is 1. The summed E-state index contributed by atoms with van der Waals surface area (Å²) in [6.07, 6.45) is 3.79. The van der Waals surface area contributed by atoms with Crippen molar-refractivity contribution in [2.75, 3.05) is 25.0 Å². The van der Waals surface area contributed by atoms with Crippen LogP contribution in [-0.4, -0.2) is 35.9 Å². The molecule has 0 radical (unpaired) electrons. The van der Waals surface area contributed by atoms with Crippen molar-refractivity contribution < 1.29 is 4.79 Å². The van der Waals surface area contributed by atoms with E-state index >= 15 is 0 Å². The van der Waals surface area contributed by atoms with Gasteiger partial charge in [0.1, 0.15) is 5.82 Å². The Kier molecular flexibility index (Phi) is 6.79. The Hall–Kier alpha value is -2.36. The van der Waals surface area contributed by atoms with Crippen LogP contribution in [0.25, 0.3) is 0 Å². The molecule has 0 saturated heterocycles. The van der Waals surface area contributed by atoms with Gasteiger partial charge < -0.3 is 9.80 Å². The number of unbranched alkanes of at least 4 members (excludes halogenated alkanes) is 1. The molecule has 128 valence electrons. The minimum absolute atomic E-state index is 0.0357. The number of hydrogen-bond acceptors (Lipinski definition) is 3. The van der Waals surface area contributed by atoms with E-state index in [2.05, 4.69) is 35.9 Å². The third kappa shape index (κ3) is 4.82. The van der Waals surface area contributed by atoms with E-state index in [1.807, 2.05) is 37.4 Å². The minimum atomic E-state index is 0.0357. The molecule has 4 heteroatoms. The maximum absolute atomic E-state index is 12.4. The number of pyridine rings is 1. The summed E-state index contributed by atoms with van der Waals surface area (Å²) in [5, 5.41) is 0. The summed E-state index contributed by atoms with van der Waals surface area (Å²) in [4.78, 5) is 20.8. The van der Waals surface area contributed by atoms with Gasteiger partial charge in [0.25, 0.3) is 5.91 Å². The highest BCUT2D eigenvalue weighted by molar-refractivity contribution is 5.93. The molecule has 0 spiro atoms. The van der Waals surface area contributed by atoms with Crippen molar-refractivity contribution in [2.45, 2.75) is 33.2 Å². The van der Waals surface area contributed by atoms with Gasteiger partial charge in [0.05, 0.1) is 5.56 Å². The molecule has 0 atom stereocenters. The topological polar surface area (TPSA) is 36.4 Å². The van der Waals surface area contributed by atoms with Crippen molar-refractivity contribution in [3.05, 3.63) is 59.8 Å². The van der Waals surface area contributed by atoms with Crippen LogP contribution in [0, 0.1) is 0 Å². The fourth-order valence-corrected chi connectivity index (χ4v) is 2.58. The summed E-state index contributed by atoms with van der Waals surface area (Å²) >= 11 is 0. The number of nitrogens with zero attached hydrogens (tertiary/aromatic N) is 3. The predicted molar refractivity (Wildman–Crippen MR) is 99.3 cm³/mol. The Morgan fingerprint density at radius 3 is 2.42 bits per heavy atom. The Morgan fingerprint density at radius 2 is 1.83 bits per heavy atom. The van der Waals surface area contributed by atoms with Crippen molar-refractivity contribution in [3.63, 3.8) is 0 Å². The molecule has 0 fully saturated rings. The van der Waals surface area contributed by atoms with Gasteiger partial charge in [-0.05, 0) is 31.0 Å². The number of carbonyl (C=O) groups excluding carboxylic acids is 1. The summed E-state index contributed by atoms with van der Waals surface area (Å²) < 4.78 is 0. The highest BCUT2D eigenvalue weighted by Crippen LogP contribution is 2.15. The SMILES string of the molecule is CCCCN(C)C(=O)c1ccc(N(CC)Cc2ccccc2)nc1. The number of rotatable bonds is 8. The lowest BCUT2D eigenvalue weighted by atomic mass is 10.2. The van der Waals surface area contributed by atoms with E-state index in [1.165, 1.54) is 5.56 Å². The second-order valence-electron chi connectivity index (χ2n) is 5.99. The second-order valence-corrected chi connectivity index (χ2v) is 5.99. The normalized spacial score (nSPS) is 10.5. The van der Waals surface area contributed by atoms with E-state index in [9.17, 15) is 4.79 Å². The van der Waals surface area contributed by atoms with Gasteiger partial charge in [-0.25, -0.2) is 4.98 Å². The van der Waals surface area contributed by atoms with Gasteiger partial charge >= 0.3 is 0 Å². The number of hydrogen-bond donors (Lipinski definition) is 0. The first kappa shape index (κ1) is 18.0. The molecule has 1 aromatic carbocycles. The van der Waals surface area contributed by atoms with Crippen LogP contribution in [0.1, 0.15) is 42.6 Å². The fourth-order valence-electron chi connectivity index (χ4n) is 2.58. The van der Waals surface area contributed by atoms with Crippen LogP contribution in [0.2, 0.25) is 0 Å². The van der Waals surface area contributed by atoms with Crippen molar-refractivity contribution in [1.29, 1.82) is 0 Å². The Bertz CT molecular complexity index is 625. The lowest BCUT2D eigenvalue weighted by molar-refractivity contribution is 0.0793. The van der Waals surface area contributed by atoms with E-state index in [0.29, 0.717) is 5.56 Å². The van der Waals surface area contributed by atoms with Crippen molar-refractivity contribution in [3.8, 4) is 0 Å². The molecule has 1 amide bonds. The van der Waals surface area contributed by atoms with Gasteiger partial charge in [0.15, 0.2) is 0 Å². The maximum Gasteiger partial charge on any atom is 0.255 e. The van der Waals surface area contributed by atoms with E-state index in [1.54, 1.807) is 11.1 Å². The third-order valence-electron chi connectivity index (χ3n) is 4.11. The molecule has 4 nitrogen and oxygen atoms in total. The largest absolute Gasteiger partial charge is 0.353 e. The van der Waals surface area contributed by atoms with E-state index in [0.717, 1.165) is 38.3 Å². The minimum Gasteiger partial charge on any atom is -0.353 e. The molecule has 1 aromatic heterocycles. The van der Waals surface area contributed by atoms with E-state index < -0.39 is 0 Å². The van der Waals surface area contributed by atoms with Crippen LogP contribution < -0.4 is 4.90 Å². The van der Waals surface area contributed by atoms with Gasteiger partial charge in [-0.15, -0.1) is 0 Å². The third-order valence-corrected chi connectivity index (χ3v) is 4.11. The van der Waals surface area contributed by atoms with Crippen molar-refractivity contribution >= 4 is 11.7 Å². The van der Waals surface area contributed by atoms with E-state index in [4.69, 9.17) is 0 Å². The zero-order chi connectivity index (χ0) is 17.4. The predicted octanol–water partition coefficient (Wildman–Crippen LogP) is 3.98. The number of benzene rings is 1. The molecule has 0 aliphatic rings. The molecule has 0 aliphatic carbocycles. The molecule has 0 aliphatic heterocycles. The van der Waals surface area contributed by atoms with Gasteiger partial charge in [-0.3, -0.25) is 4.79 Å². The van der Waals surface area contributed by atoms with Crippen LogP contribution in [0.15, 0.2) is 48.7 Å². The molecule has 0 unspecified atom stereocenters. The molecule has 2 aromatic rings. The monoisotopic (exact) mass is 325 g/mol. The van der Waals surface area contributed by atoms with Crippen LogP contribution in [-0.2, 0) is 6.54 Å². The summed E-state index contributed by atoms with van der Waals surface area (Å²) in [7, 11) is 1.85. The zero-order valence-corrected chi connectivity index (χ0v) is 14.9. The van der Waals surface area contributed by atoms with Gasteiger partial charge in [-0.1, -0.05) is 43.7 Å². The average Bonchev–Trinajstić information content (AvgIpc) is 2.64. The van der Waals surface area contributed by atoms with Crippen LogP contribution in [0.5, 0.6) is 0 Å². The number of amides is 1. The zero-order valence-electron chi connectivity index (χ0n) is 14.9. The molecular formula is C20H27N3O. The van der Waals surface area contributed by atoms with Crippen LogP contribution in [0.3, 0.4) is 0 Å². The smallest absolute Gasteiger partial charge is 0.255 e. The Labute approximate surface area is 145 Å². The summed E-state index contributed by atoms with van der Waals surface area (Å²) in [6, 6.07) is 14.2. The van der Waals surface area contributed by atoms with Crippen LogP contribution >= 0.6 is 0 Å². The lowest BCUT2D eigenvalue weighted by Crippen LogP contribution is -2.28. The standard InChI is InChI=1S/C20H27N3O/c1-4-6-14-22(3)20(24)18-12-13-19(21-15-18)23(5-2)16-17-10-8-7-9-11-17/h7-13,15H,4-6,14,16H2,1-3H3. The Balaban J connectivity index is 2.05. The molecular weight excluding hydrogens is 298 g/mol. The van der Waals surface area contributed by atoms with Gasteiger partial charge in [-0.2, -0.15) is 0 Å². The molecule has 0 bridgehead atoms. The lowest BCUT2D eigenvalue weighted by Gasteiger charge is -2.22. The molecule has 0 saturated carbocycles. The quantitative estimate of drug-likeness (QED) is 0.736. The van der Waals surface area contributed by atoms with Gasteiger partial charge in [0.2, 0.25) is 0 Å². The summed E-state index contributed by atoms with van der Waals surface area (Å²) in [6.45, 7) is 6.70. The van der Waals surface area contributed by atoms with Crippen molar-refractivity contribution in [1.82, 2.24) is 9.88 Å². The summed E-state index contributed by atoms with van der Waals surface area (Å²) in [5.74, 6) is 0.933. The molecule has 1 heterocycles. The van der Waals surface area contributed by atoms with E-state index in [-0.39, 0.29) is 5.91 Å². The first-order valence-electron chi connectivity index (χ1n) is 8.66. The number of aromatic nitrogens is 1. The molecule has 0 N–H and O–H groups in total. The molecule has 24 heavy (non-hydrogen) atoms. The number of carbonyl (C=O) groups is 1. The summed E-state index contributed by atoms with van der Waals surface area (Å²) in [5.41, 5.74) is 1.90. The maximum atomic E-state index is 12.4. The van der Waals surface area contributed by atoms with Crippen molar-refractivity contribution in [2.24, 2.45) is 0 Å².